The van der Waals surface area contributed by atoms with Crippen LogP contribution in [0.5, 0.6) is 0 Å². The van der Waals surface area contributed by atoms with Crippen molar-refractivity contribution in [2.75, 3.05) is 0 Å². The molecule has 3 rings (SSSR count). The fourth-order valence-corrected chi connectivity index (χ4v) is 1.58. The highest BCUT2D eigenvalue weighted by molar-refractivity contribution is 7.71. The second-order valence-electron chi connectivity index (χ2n) is 3.04. The summed E-state index contributed by atoms with van der Waals surface area (Å²) in [5, 5.41) is 14.5. The van der Waals surface area contributed by atoms with E-state index < -0.39 is 0 Å². The number of hydrogen-bond donors (Lipinski definition) is 2. The molecule has 0 atom stereocenters. The molecule has 2 N–H and O–H groups in total. The summed E-state index contributed by atoms with van der Waals surface area (Å²) < 4.78 is 5.20. The lowest BCUT2D eigenvalue weighted by Crippen LogP contribution is -1.78. The predicted molar refractivity (Wildman–Crippen MR) is 56.8 cm³/mol. The summed E-state index contributed by atoms with van der Waals surface area (Å²) in [7, 11) is 0. The number of H-pyrrole nitrogens is 2. The SMILES string of the molecule is S=c1[nH]nc(-c2n[nH]c3ccccc23)o1. The zero-order chi connectivity index (χ0) is 10.3. The molecule has 0 aliphatic heterocycles. The summed E-state index contributed by atoms with van der Waals surface area (Å²) >= 11 is 4.81. The minimum atomic E-state index is 0.247. The van der Waals surface area contributed by atoms with E-state index in [4.69, 9.17) is 16.6 Å². The molecule has 0 aliphatic carbocycles. The van der Waals surface area contributed by atoms with Gasteiger partial charge in [0.1, 0.15) is 0 Å². The van der Waals surface area contributed by atoms with Crippen molar-refractivity contribution in [3.63, 3.8) is 0 Å². The lowest BCUT2D eigenvalue weighted by Gasteiger charge is -1.88. The van der Waals surface area contributed by atoms with Crippen molar-refractivity contribution in [2.24, 2.45) is 0 Å². The average molecular weight is 218 g/mol. The van der Waals surface area contributed by atoms with Crippen LogP contribution in [0, 0.1) is 4.84 Å². The molecule has 0 aliphatic rings. The zero-order valence-corrected chi connectivity index (χ0v) is 8.34. The highest BCUT2D eigenvalue weighted by Crippen LogP contribution is 2.23. The Balaban J connectivity index is 2.32. The van der Waals surface area contributed by atoms with E-state index in [2.05, 4.69) is 20.4 Å². The van der Waals surface area contributed by atoms with Gasteiger partial charge >= 0.3 is 0 Å². The molecule has 5 nitrogen and oxygen atoms in total. The molecule has 6 heteroatoms. The molecule has 0 spiro atoms. The second kappa shape index (κ2) is 3.03. The Morgan fingerprint density at radius 1 is 1.13 bits per heavy atom. The maximum atomic E-state index is 5.20. The number of aromatic nitrogens is 4. The number of rotatable bonds is 1. The Morgan fingerprint density at radius 2 is 2.00 bits per heavy atom. The minimum absolute atomic E-state index is 0.247. The molecule has 2 aromatic heterocycles. The van der Waals surface area contributed by atoms with Gasteiger partial charge in [0.2, 0.25) is 0 Å². The molecule has 0 saturated heterocycles. The molecule has 74 valence electrons. The Bertz CT molecular complexity index is 666. The first-order chi connectivity index (χ1) is 7.34. The molecule has 0 bridgehead atoms. The first kappa shape index (κ1) is 8.37. The third-order valence-electron chi connectivity index (χ3n) is 2.11. The summed E-state index contributed by atoms with van der Waals surface area (Å²) in [4.78, 5) is 0.247. The fraction of sp³-hybridized carbons (Fsp3) is 0. The van der Waals surface area contributed by atoms with E-state index in [9.17, 15) is 0 Å². The van der Waals surface area contributed by atoms with Gasteiger partial charge in [-0.15, -0.1) is 5.10 Å². The van der Waals surface area contributed by atoms with Crippen LogP contribution < -0.4 is 0 Å². The summed E-state index contributed by atoms with van der Waals surface area (Å²) in [6, 6.07) is 7.75. The number of nitrogens with zero attached hydrogens (tertiary/aromatic N) is 2. The third kappa shape index (κ3) is 1.26. The monoisotopic (exact) mass is 218 g/mol. The average Bonchev–Trinajstić information content (AvgIpc) is 2.83. The topological polar surface area (TPSA) is 70.5 Å². The van der Waals surface area contributed by atoms with Crippen molar-refractivity contribution >= 4 is 23.1 Å². The van der Waals surface area contributed by atoms with Crippen molar-refractivity contribution in [3.05, 3.63) is 29.1 Å². The maximum Gasteiger partial charge on any atom is 0.284 e. The number of hydrogen-bond acceptors (Lipinski definition) is 4. The molecule has 0 amide bonds. The van der Waals surface area contributed by atoms with Crippen molar-refractivity contribution in [3.8, 4) is 11.6 Å². The number of aromatic amines is 2. The minimum Gasteiger partial charge on any atom is -0.408 e. The molecule has 0 fully saturated rings. The lowest BCUT2D eigenvalue weighted by molar-refractivity contribution is 0.550. The second-order valence-corrected chi connectivity index (χ2v) is 3.41. The van der Waals surface area contributed by atoms with E-state index in [0.29, 0.717) is 11.6 Å². The Morgan fingerprint density at radius 3 is 2.80 bits per heavy atom. The Labute approximate surface area is 89.1 Å². The van der Waals surface area contributed by atoms with E-state index in [1.165, 1.54) is 0 Å². The highest BCUT2D eigenvalue weighted by atomic mass is 32.1. The van der Waals surface area contributed by atoms with Crippen molar-refractivity contribution in [1.29, 1.82) is 0 Å². The molecule has 0 saturated carbocycles. The van der Waals surface area contributed by atoms with Crippen molar-refractivity contribution in [2.45, 2.75) is 0 Å². The van der Waals surface area contributed by atoms with Crippen LogP contribution in [0.15, 0.2) is 28.7 Å². The number of para-hydroxylation sites is 1. The molecule has 0 unspecified atom stereocenters. The number of fused-ring (bicyclic) bond motifs is 1. The van der Waals surface area contributed by atoms with Crippen LogP contribution in [0.25, 0.3) is 22.5 Å². The summed E-state index contributed by atoms with van der Waals surface area (Å²) in [6.07, 6.45) is 0. The van der Waals surface area contributed by atoms with Gasteiger partial charge in [-0.05, 0) is 18.3 Å². The molecule has 15 heavy (non-hydrogen) atoms. The van der Waals surface area contributed by atoms with E-state index in [0.717, 1.165) is 10.9 Å². The quantitative estimate of drug-likeness (QED) is 0.615. The molecule has 3 aromatic rings. The van der Waals surface area contributed by atoms with Crippen molar-refractivity contribution in [1.82, 2.24) is 20.4 Å². The van der Waals surface area contributed by atoms with E-state index >= 15 is 0 Å². The largest absolute Gasteiger partial charge is 0.408 e. The summed E-state index contributed by atoms with van der Waals surface area (Å²) in [6.45, 7) is 0. The maximum absolute atomic E-state index is 5.20. The van der Waals surface area contributed by atoms with Crippen LogP contribution in [-0.4, -0.2) is 20.4 Å². The molecular formula is C9H6N4OS. The van der Waals surface area contributed by atoms with E-state index in [1.54, 1.807) is 0 Å². The molecule has 0 radical (unpaired) electrons. The molecular weight excluding hydrogens is 212 g/mol. The summed E-state index contributed by atoms with van der Waals surface area (Å²) in [5.41, 5.74) is 1.61. The van der Waals surface area contributed by atoms with Gasteiger partial charge < -0.3 is 4.42 Å². The van der Waals surface area contributed by atoms with Gasteiger partial charge in [0, 0.05) is 5.39 Å². The highest BCUT2D eigenvalue weighted by Gasteiger charge is 2.11. The molecule has 1 aromatic carbocycles. The first-order valence-corrected chi connectivity index (χ1v) is 4.74. The van der Waals surface area contributed by atoms with Crippen molar-refractivity contribution < 1.29 is 4.42 Å². The van der Waals surface area contributed by atoms with Gasteiger partial charge in [-0.3, -0.25) is 5.10 Å². The normalized spacial score (nSPS) is 10.9. The van der Waals surface area contributed by atoms with E-state index in [1.807, 2.05) is 24.3 Å². The van der Waals surface area contributed by atoms with Gasteiger partial charge in [0.15, 0.2) is 5.69 Å². The van der Waals surface area contributed by atoms with E-state index in [-0.39, 0.29) is 4.84 Å². The standard InChI is InChI=1S/C9H6N4OS/c15-9-13-12-8(14-9)7-5-3-1-2-4-6(5)10-11-7/h1-4H,(H,10,11)(H,13,15). The number of benzene rings is 1. The molecule has 2 heterocycles. The fourth-order valence-electron chi connectivity index (χ4n) is 1.46. The van der Waals surface area contributed by atoms with Crippen LogP contribution in [0.3, 0.4) is 0 Å². The Hall–Kier alpha value is -1.95. The van der Waals surface area contributed by atoms with Gasteiger partial charge in [0.05, 0.1) is 5.52 Å². The van der Waals surface area contributed by atoms with Gasteiger partial charge in [0.25, 0.3) is 10.7 Å². The van der Waals surface area contributed by atoms with Gasteiger partial charge in [-0.2, -0.15) is 5.10 Å². The smallest absolute Gasteiger partial charge is 0.284 e. The Kier molecular flexibility index (Phi) is 1.69. The van der Waals surface area contributed by atoms with Crippen LogP contribution in [0.4, 0.5) is 0 Å². The van der Waals surface area contributed by atoms with Gasteiger partial charge in [-0.25, -0.2) is 5.10 Å². The van der Waals surface area contributed by atoms with Crippen LogP contribution in [-0.2, 0) is 0 Å². The lowest BCUT2D eigenvalue weighted by atomic mass is 10.2. The van der Waals surface area contributed by atoms with Crippen LogP contribution >= 0.6 is 12.2 Å². The van der Waals surface area contributed by atoms with Gasteiger partial charge in [-0.1, -0.05) is 18.2 Å². The predicted octanol–water partition coefficient (Wildman–Crippen LogP) is 2.28. The summed E-state index contributed by atoms with van der Waals surface area (Å²) in [5.74, 6) is 0.400. The number of nitrogens with one attached hydrogen (secondary N) is 2. The van der Waals surface area contributed by atoms with Crippen LogP contribution in [0.1, 0.15) is 0 Å². The first-order valence-electron chi connectivity index (χ1n) is 4.33. The third-order valence-corrected chi connectivity index (χ3v) is 2.29. The zero-order valence-electron chi connectivity index (χ0n) is 7.52. The van der Waals surface area contributed by atoms with Crippen LogP contribution in [0.2, 0.25) is 0 Å².